The van der Waals surface area contributed by atoms with Gasteiger partial charge in [-0.1, -0.05) is 26.0 Å². The Morgan fingerprint density at radius 2 is 1.93 bits per heavy atom. The first kappa shape index (κ1) is 19.4. The van der Waals surface area contributed by atoms with Gasteiger partial charge in [0.2, 0.25) is 5.95 Å². The Morgan fingerprint density at radius 1 is 1.10 bits per heavy atom. The number of nitrogens with one attached hydrogen (secondary N) is 3. The van der Waals surface area contributed by atoms with E-state index in [1.54, 1.807) is 25.4 Å². The topological polar surface area (TPSA) is 91.9 Å². The van der Waals surface area contributed by atoms with Crippen molar-refractivity contribution in [2.75, 3.05) is 12.4 Å². The first-order valence-electron chi connectivity index (χ1n) is 9.74. The number of nitrogens with zero attached hydrogens (tertiary/aromatic N) is 2. The van der Waals surface area contributed by atoms with Crippen molar-refractivity contribution in [3.63, 3.8) is 0 Å². The van der Waals surface area contributed by atoms with Gasteiger partial charge in [0, 0.05) is 35.3 Å². The molecule has 0 radical (unpaired) electrons. The van der Waals surface area contributed by atoms with Gasteiger partial charge < -0.3 is 20.4 Å². The fourth-order valence-corrected chi connectivity index (χ4v) is 3.09. The van der Waals surface area contributed by atoms with Crippen molar-refractivity contribution in [1.29, 1.82) is 0 Å². The molecule has 0 saturated heterocycles. The second kappa shape index (κ2) is 8.24. The average Bonchev–Trinajstić information content (AvgIpc) is 3.15. The Bertz CT molecular complexity index is 1210. The van der Waals surface area contributed by atoms with Crippen LogP contribution in [0.2, 0.25) is 0 Å². The standard InChI is InChI=1S/C23H23N5O2.3H2/c1-14(2)15-5-4-6-16(11-15)26-23-27-19-8-7-17(12-20(19)28-23)30-18-9-10-25-21(13-18)22(29)24-3;;;/h4-14H,1-3H3,(H,24,29)(H2,26,27,28);3*1H. The lowest BCUT2D eigenvalue weighted by molar-refractivity contribution is 0.0958. The molecular formula is C23H29N5O2. The minimum atomic E-state index is -0.262. The predicted molar refractivity (Wildman–Crippen MR) is 124 cm³/mol. The number of carbonyl (C=O) groups excluding carboxylic acids is 1. The molecule has 0 aliphatic rings. The highest BCUT2D eigenvalue weighted by Gasteiger charge is 2.09. The number of amides is 1. The Balaban J connectivity index is 0.00000181. The predicted octanol–water partition coefficient (Wildman–Crippen LogP) is 5.71. The van der Waals surface area contributed by atoms with E-state index in [2.05, 4.69) is 51.6 Å². The largest absolute Gasteiger partial charge is 0.457 e. The molecule has 1 amide bonds. The molecule has 7 nitrogen and oxygen atoms in total. The second-order valence-corrected chi connectivity index (χ2v) is 7.23. The van der Waals surface area contributed by atoms with Crippen molar-refractivity contribution in [1.82, 2.24) is 20.3 Å². The maximum Gasteiger partial charge on any atom is 0.269 e. The van der Waals surface area contributed by atoms with Crippen LogP contribution in [0.4, 0.5) is 11.6 Å². The maximum absolute atomic E-state index is 11.8. The van der Waals surface area contributed by atoms with Crippen LogP contribution in [0.1, 0.15) is 40.1 Å². The number of hydrogen-bond acceptors (Lipinski definition) is 5. The van der Waals surface area contributed by atoms with Crippen LogP contribution >= 0.6 is 0 Å². The molecule has 0 fully saturated rings. The van der Waals surface area contributed by atoms with E-state index in [9.17, 15) is 4.79 Å². The number of carbonyl (C=O) groups is 1. The fraction of sp³-hybridized carbons (Fsp3) is 0.174. The van der Waals surface area contributed by atoms with Gasteiger partial charge in [-0.15, -0.1) is 0 Å². The van der Waals surface area contributed by atoms with Crippen molar-refractivity contribution in [2.24, 2.45) is 0 Å². The number of imidazole rings is 1. The minimum Gasteiger partial charge on any atom is -0.457 e. The molecule has 2 heterocycles. The fourth-order valence-electron chi connectivity index (χ4n) is 3.09. The number of benzene rings is 2. The molecule has 0 bridgehead atoms. The Morgan fingerprint density at radius 3 is 2.73 bits per heavy atom. The third kappa shape index (κ3) is 4.25. The van der Waals surface area contributed by atoms with Crippen molar-refractivity contribution in [3.05, 3.63) is 72.1 Å². The zero-order valence-electron chi connectivity index (χ0n) is 17.1. The summed E-state index contributed by atoms with van der Waals surface area (Å²) in [5, 5.41) is 5.88. The summed E-state index contributed by atoms with van der Waals surface area (Å²) in [7, 11) is 1.56. The maximum atomic E-state index is 11.8. The molecule has 0 saturated carbocycles. The van der Waals surface area contributed by atoms with Gasteiger partial charge in [-0.2, -0.15) is 0 Å². The summed E-state index contributed by atoms with van der Waals surface area (Å²) >= 11 is 0. The first-order chi connectivity index (χ1) is 14.5. The van der Waals surface area contributed by atoms with E-state index in [1.807, 2.05) is 30.3 Å². The quantitative estimate of drug-likeness (QED) is 0.380. The normalized spacial score (nSPS) is 10.9. The van der Waals surface area contributed by atoms with Crippen LogP contribution in [-0.4, -0.2) is 27.9 Å². The van der Waals surface area contributed by atoms with E-state index >= 15 is 0 Å². The zero-order chi connectivity index (χ0) is 21.1. The summed E-state index contributed by atoms with van der Waals surface area (Å²) < 4.78 is 5.90. The molecule has 30 heavy (non-hydrogen) atoms. The van der Waals surface area contributed by atoms with Gasteiger partial charge in [-0.05, 0) is 41.8 Å². The van der Waals surface area contributed by atoms with Gasteiger partial charge in [0.05, 0.1) is 11.0 Å². The number of anilines is 2. The summed E-state index contributed by atoms with van der Waals surface area (Å²) in [5.74, 6) is 2.02. The van der Waals surface area contributed by atoms with Crippen LogP contribution in [0.5, 0.6) is 11.5 Å². The van der Waals surface area contributed by atoms with Crippen molar-refractivity contribution in [3.8, 4) is 11.5 Å². The molecule has 0 aliphatic carbocycles. The molecule has 4 aromatic rings. The van der Waals surface area contributed by atoms with Gasteiger partial charge in [-0.3, -0.25) is 9.78 Å². The molecule has 2 aromatic carbocycles. The summed E-state index contributed by atoms with van der Waals surface area (Å²) in [6.45, 7) is 4.34. The highest BCUT2D eigenvalue weighted by atomic mass is 16.5. The SMILES string of the molecule is CNC(=O)c1cc(Oc2ccc3nc(Nc4cccc(C(C)C)c4)[nH]c3c2)ccn1.[HH].[HH].[HH]. The molecule has 2 aromatic heterocycles. The summed E-state index contributed by atoms with van der Waals surface area (Å²) in [6.07, 6.45) is 1.54. The Hall–Kier alpha value is -3.87. The lowest BCUT2D eigenvalue weighted by Gasteiger charge is -2.08. The number of ether oxygens (including phenoxy) is 1. The zero-order valence-corrected chi connectivity index (χ0v) is 17.1. The second-order valence-electron chi connectivity index (χ2n) is 7.23. The van der Waals surface area contributed by atoms with E-state index in [0.29, 0.717) is 29.1 Å². The van der Waals surface area contributed by atoms with E-state index in [1.165, 1.54) is 5.56 Å². The molecule has 7 heteroatoms. The van der Waals surface area contributed by atoms with Crippen LogP contribution in [-0.2, 0) is 0 Å². The lowest BCUT2D eigenvalue weighted by atomic mass is 10.0. The van der Waals surface area contributed by atoms with Crippen LogP contribution in [0.25, 0.3) is 11.0 Å². The van der Waals surface area contributed by atoms with E-state index in [0.717, 1.165) is 16.7 Å². The third-order valence-electron chi connectivity index (χ3n) is 4.70. The van der Waals surface area contributed by atoms with E-state index < -0.39 is 0 Å². The van der Waals surface area contributed by atoms with E-state index in [4.69, 9.17) is 4.74 Å². The molecule has 0 spiro atoms. The van der Waals surface area contributed by atoms with Crippen LogP contribution in [0.15, 0.2) is 60.8 Å². The molecule has 0 atom stereocenters. The molecular weight excluding hydrogens is 378 g/mol. The van der Waals surface area contributed by atoms with Gasteiger partial charge in [0.1, 0.15) is 17.2 Å². The van der Waals surface area contributed by atoms with Crippen molar-refractivity contribution in [2.45, 2.75) is 19.8 Å². The van der Waals surface area contributed by atoms with Gasteiger partial charge >= 0.3 is 0 Å². The van der Waals surface area contributed by atoms with Crippen LogP contribution in [0.3, 0.4) is 0 Å². The Kier molecular flexibility index (Phi) is 5.34. The average molecular weight is 408 g/mol. The van der Waals surface area contributed by atoms with Gasteiger partial charge in [0.25, 0.3) is 5.91 Å². The molecule has 0 unspecified atom stereocenters. The highest BCUT2D eigenvalue weighted by molar-refractivity contribution is 5.92. The lowest BCUT2D eigenvalue weighted by Crippen LogP contribution is -2.18. The number of rotatable bonds is 6. The van der Waals surface area contributed by atoms with Crippen molar-refractivity contribution >= 4 is 28.6 Å². The van der Waals surface area contributed by atoms with Crippen LogP contribution in [0, 0.1) is 0 Å². The summed E-state index contributed by atoms with van der Waals surface area (Å²) in [6, 6.07) is 17.2. The molecule has 158 valence electrons. The summed E-state index contributed by atoms with van der Waals surface area (Å²) in [4.78, 5) is 23.7. The third-order valence-corrected chi connectivity index (χ3v) is 4.70. The number of aromatic nitrogens is 3. The number of pyridine rings is 1. The molecule has 0 aliphatic heterocycles. The molecule has 3 N–H and O–H groups in total. The first-order valence-corrected chi connectivity index (χ1v) is 9.74. The Labute approximate surface area is 179 Å². The number of H-pyrrole nitrogens is 1. The van der Waals surface area contributed by atoms with Gasteiger partial charge in [0.15, 0.2) is 0 Å². The highest BCUT2D eigenvalue weighted by Crippen LogP contribution is 2.27. The number of hydrogen-bond donors (Lipinski definition) is 3. The van der Waals surface area contributed by atoms with Gasteiger partial charge in [-0.25, -0.2) is 4.98 Å². The smallest absolute Gasteiger partial charge is 0.269 e. The van der Waals surface area contributed by atoms with Crippen molar-refractivity contribution < 1.29 is 13.8 Å². The van der Waals surface area contributed by atoms with E-state index in [-0.39, 0.29) is 10.2 Å². The molecule has 4 rings (SSSR count). The van der Waals surface area contributed by atoms with Crippen LogP contribution < -0.4 is 15.4 Å². The summed E-state index contributed by atoms with van der Waals surface area (Å²) in [5.41, 5.74) is 4.21. The monoisotopic (exact) mass is 407 g/mol. The number of fused-ring (bicyclic) bond motifs is 1. The minimum absolute atomic E-state index is 0. The number of aromatic amines is 1.